The summed E-state index contributed by atoms with van der Waals surface area (Å²) in [6.45, 7) is 7.01. The van der Waals surface area contributed by atoms with Crippen molar-refractivity contribution in [3.63, 3.8) is 0 Å². The Bertz CT molecular complexity index is 578. The van der Waals surface area contributed by atoms with Crippen LogP contribution in [0.25, 0.3) is 11.3 Å². The van der Waals surface area contributed by atoms with E-state index < -0.39 is 0 Å². The van der Waals surface area contributed by atoms with Crippen LogP contribution < -0.4 is 5.32 Å². The molecule has 0 radical (unpaired) electrons. The van der Waals surface area contributed by atoms with Crippen molar-refractivity contribution in [1.29, 1.82) is 0 Å². The second-order valence-electron chi connectivity index (χ2n) is 5.27. The number of nitrogens with one attached hydrogen (secondary N) is 1. The number of rotatable bonds is 3. The molecule has 0 aliphatic carbocycles. The van der Waals surface area contributed by atoms with Gasteiger partial charge in [0.15, 0.2) is 0 Å². The molecule has 1 N–H and O–H groups in total. The molecule has 1 heterocycles. The monoisotopic (exact) mass is 343 g/mol. The zero-order chi connectivity index (χ0) is 14.0. The Morgan fingerprint density at radius 1 is 1.37 bits per heavy atom. The Hall–Kier alpha value is -0.850. The predicted molar refractivity (Wildman–Crippen MR) is 79.6 cm³/mol. The van der Waals surface area contributed by atoms with E-state index in [9.17, 15) is 4.39 Å². The van der Waals surface area contributed by atoms with Crippen LogP contribution in [-0.4, -0.2) is 15.1 Å². The first-order chi connectivity index (χ1) is 8.87. The second kappa shape index (κ2) is 5.64. The van der Waals surface area contributed by atoms with Crippen LogP contribution in [0.4, 0.5) is 4.39 Å². The SMILES string of the molecule is CC(C)(C)NCc1snnc1-c1ccc(F)cc1Br. The van der Waals surface area contributed by atoms with E-state index in [0.29, 0.717) is 11.0 Å². The largest absolute Gasteiger partial charge is 0.307 e. The topological polar surface area (TPSA) is 37.8 Å². The highest BCUT2D eigenvalue weighted by Crippen LogP contribution is 2.31. The van der Waals surface area contributed by atoms with Crippen LogP contribution >= 0.6 is 27.5 Å². The Labute approximate surface area is 124 Å². The molecular formula is C13H15BrFN3S. The lowest BCUT2D eigenvalue weighted by Crippen LogP contribution is -2.34. The summed E-state index contributed by atoms with van der Waals surface area (Å²) in [6, 6.07) is 4.59. The summed E-state index contributed by atoms with van der Waals surface area (Å²) in [4.78, 5) is 1.04. The first-order valence-corrected chi connectivity index (χ1v) is 7.45. The van der Waals surface area contributed by atoms with E-state index in [-0.39, 0.29) is 11.4 Å². The van der Waals surface area contributed by atoms with Gasteiger partial charge in [0.1, 0.15) is 11.5 Å². The van der Waals surface area contributed by atoms with Gasteiger partial charge < -0.3 is 5.32 Å². The number of hydrogen-bond acceptors (Lipinski definition) is 4. The van der Waals surface area contributed by atoms with Crippen molar-refractivity contribution >= 4 is 27.5 Å². The average molecular weight is 344 g/mol. The molecule has 3 nitrogen and oxygen atoms in total. The van der Waals surface area contributed by atoms with Crippen LogP contribution in [0.15, 0.2) is 22.7 Å². The minimum atomic E-state index is -0.270. The van der Waals surface area contributed by atoms with Gasteiger partial charge in [-0.1, -0.05) is 4.49 Å². The molecule has 0 saturated carbocycles. The minimum absolute atomic E-state index is 0.0291. The van der Waals surface area contributed by atoms with E-state index in [4.69, 9.17) is 0 Å². The molecule has 0 fully saturated rings. The van der Waals surface area contributed by atoms with Crippen molar-refractivity contribution in [2.45, 2.75) is 32.9 Å². The lowest BCUT2D eigenvalue weighted by Gasteiger charge is -2.20. The van der Waals surface area contributed by atoms with Gasteiger partial charge >= 0.3 is 0 Å². The Morgan fingerprint density at radius 3 is 2.74 bits per heavy atom. The molecule has 1 aromatic heterocycles. The molecule has 2 aromatic rings. The maximum atomic E-state index is 13.1. The molecule has 102 valence electrons. The average Bonchev–Trinajstić information content (AvgIpc) is 2.73. The summed E-state index contributed by atoms with van der Waals surface area (Å²) in [5.41, 5.74) is 1.69. The third-order valence-corrected chi connectivity index (χ3v) is 3.90. The first-order valence-electron chi connectivity index (χ1n) is 5.88. The molecule has 0 spiro atoms. The molecule has 0 aliphatic heterocycles. The molecule has 0 aliphatic rings. The van der Waals surface area contributed by atoms with Crippen LogP contribution in [0.5, 0.6) is 0 Å². The minimum Gasteiger partial charge on any atom is -0.307 e. The fourth-order valence-corrected chi connectivity index (χ4v) is 2.69. The van der Waals surface area contributed by atoms with Gasteiger partial charge in [-0.25, -0.2) is 4.39 Å². The lowest BCUT2D eigenvalue weighted by molar-refractivity contribution is 0.426. The maximum absolute atomic E-state index is 13.1. The Morgan fingerprint density at radius 2 is 2.11 bits per heavy atom. The molecule has 0 amide bonds. The van der Waals surface area contributed by atoms with E-state index >= 15 is 0 Å². The second-order valence-corrected chi connectivity index (χ2v) is 6.97. The molecule has 0 saturated heterocycles. The first kappa shape index (κ1) is 14.6. The van der Waals surface area contributed by atoms with Crippen LogP contribution in [0.3, 0.4) is 0 Å². The van der Waals surface area contributed by atoms with Gasteiger partial charge in [0.2, 0.25) is 0 Å². The smallest absolute Gasteiger partial charge is 0.124 e. The highest BCUT2D eigenvalue weighted by atomic mass is 79.9. The fourth-order valence-electron chi connectivity index (χ4n) is 1.56. The molecule has 0 atom stereocenters. The molecule has 1 aromatic carbocycles. The van der Waals surface area contributed by atoms with Crippen molar-refractivity contribution in [3.8, 4) is 11.3 Å². The molecule has 0 bridgehead atoms. The van der Waals surface area contributed by atoms with Crippen molar-refractivity contribution in [2.24, 2.45) is 0 Å². The fraction of sp³-hybridized carbons (Fsp3) is 0.385. The predicted octanol–water partition coefficient (Wildman–Crippen LogP) is 3.99. The number of benzene rings is 1. The van der Waals surface area contributed by atoms with Crippen LogP contribution in [0.1, 0.15) is 25.6 Å². The summed E-state index contributed by atoms with van der Waals surface area (Å²) >= 11 is 4.73. The summed E-state index contributed by atoms with van der Waals surface area (Å²) in [6.07, 6.45) is 0. The summed E-state index contributed by atoms with van der Waals surface area (Å²) in [7, 11) is 0. The summed E-state index contributed by atoms with van der Waals surface area (Å²) in [5.74, 6) is -0.270. The Kier molecular flexibility index (Phi) is 4.32. The zero-order valence-corrected chi connectivity index (χ0v) is 13.4. The third kappa shape index (κ3) is 3.81. The third-order valence-electron chi connectivity index (χ3n) is 2.52. The number of nitrogens with zero attached hydrogens (tertiary/aromatic N) is 2. The van der Waals surface area contributed by atoms with E-state index in [2.05, 4.69) is 51.6 Å². The van der Waals surface area contributed by atoms with E-state index in [0.717, 1.165) is 16.1 Å². The highest BCUT2D eigenvalue weighted by Gasteiger charge is 2.16. The standard InChI is InChI=1S/C13H15BrFN3S/c1-13(2,3)16-7-11-12(17-18-19-11)9-5-4-8(15)6-10(9)14/h4-6,16H,7H2,1-3H3. The van der Waals surface area contributed by atoms with E-state index in [1.165, 1.54) is 23.7 Å². The van der Waals surface area contributed by atoms with Gasteiger partial charge in [-0.3, -0.25) is 0 Å². The quantitative estimate of drug-likeness (QED) is 0.915. The van der Waals surface area contributed by atoms with E-state index in [1.807, 2.05) is 0 Å². The lowest BCUT2D eigenvalue weighted by atomic mass is 10.1. The summed E-state index contributed by atoms with van der Waals surface area (Å²) < 4.78 is 17.8. The molecule has 19 heavy (non-hydrogen) atoms. The normalized spacial score (nSPS) is 11.8. The zero-order valence-electron chi connectivity index (χ0n) is 11.0. The van der Waals surface area contributed by atoms with Crippen molar-refractivity contribution in [2.75, 3.05) is 0 Å². The van der Waals surface area contributed by atoms with Gasteiger partial charge in [0.25, 0.3) is 0 Å². The maximum Gasteiger partial charge on any atom is 0.124 e. The molecular weight excluding hydrogens is 329 g/mol. The van der Waals surface area contributed by atoms with Crippen molar-refractivity contribution in [3.05, 3.63) is 33.4 Å². The molecule has 6 heteroatoms. The van der Waals surface area contributed by atoms with Gasteiger partial charge in [0.05, 0.1) is 4.88 Å². The number of hydrogen-bond donors (Lipinski definition) is 1. The highest BCUT2D eigenvalue weighted by molar-refractivity contribution is 9.10. The number of aromatic nitrogens is 2. The number of halogens is 2. The van der Waals surface area contributed by atoms with Crippen molar-refractivity contribution < 1.29 is 4.39 Å². The molecule has 2 rings (SSSR count). The van der Waals surface area contributed by atoms with Gasteiger partial charge in [-0.15, -0.1) is 5.10 Å². The Balaban J connectivity index is 2.28. The van der Waals surface area contributed by atoms with Gasteiger partial charge in [-0.2, -0.15) is 0 Å². The molecule has 0 unspecified atom stereocenters. The van der Waals surface area contributed by atoms with Crippen LogP contribution in [-0.2, 0) is 6.54 Å². The van der Waals surface area contributed by atoms with Crippen LogP contribution in [0, 0.1) is 5.82 Å². The van der Waals surface area contributed by atoms with E-state index in [1.54, 1.807) is 6.07 Å². The van der Waals surface area contributed by atoms with Gasteiger partial charge in [0, 0.05) is 22.1 Å². The van der Waals surface area contributed by atoms with Crippen LogP contribution in [0.2, 0.25) is 0 Å². The summed E-state index contributed by atoms with van der Waals surface area (Å²) in [5, 5.41) is 7.56. The van der Waals surface area contributed by atoms with Gasteiger partial charge in [-0.05, 0) is 66.4 Å². The van der Waals surface area contributed by atoms with Crippen molar-refractivity contribution in [1.82, 2.24) is 14.9 Å².